The van der Waals surface area contributed by atoms with Crippen molar-refractivity contribution in [3.8, 4) is 0 Å². The Hall–Kier alpha value is -2.67. The number of aliphatic hydroxyl groups is 1. The van der Waals surface area contributed by atoms with Crippen molar-refractivity contribution < 1.29 is 9.90 Å². The molecule has 1 unspecified atom stereocenters. The van der Waals surface area contributed by atoms with Crippen molar-refractivity contribution in [2.75, 3.05) is 0 Å². The van der Waals surface area contributed by atoms with Gasteiger partial charge in [-0.05, 0) is 37.0 Å². The molecule has 1 fully saturated rings. The molecule has 0 aliphatic heterocycles. The molecule has 130 valence electrons. The average molecular weight is 339 g/mol. The number of carbonyl (C=O) groups is 1. The first-order valence-corrected chi connectivity index (χ1v) is 8.54. The van der Waals surface area contributed by atoms with Gasteiger partial charge in [0.2, 0.25) is 5.91 Å². The Morgan fingerprint density at radius 3 is 3.00 bits per heavy atom. The van der Waals surface area contributed by atoms with Crippen LogP contribution in [0, 0.1) is 5.92 Å². The number of amides is 1. The Morgan fingerprint density at radius 2 is 2.16 bits per heavy atom. The van der Waals surface area contributed by atoms with Crippen LogP contribution in [0.5, 0.6) is 0 Å². The second-order valence-electron chi connectivity index (χ2n) is 6.67. The van der Waals surface area contributed by atoms with Gasteiger partial charge in [0.05, 0.1) is 29.5 Å². The number of hydrogen-bond acceptors (Lipinski definition) is 4. The van der Waals surface area contributed by atoms with Gasteiger partial charge in [-0.1, -0.05) is 12.1 Å². The molecule has 4 rings (SSSR count). The van der Waals surface area contributed by atoms with Crippen molar-refractivity contribution in [2.45, 2.75) is 38.1 Å². The number of carbonyl (C=O) groups excluding carboxylic acids is 1. The molecule has 1 saturated carbocycles. The first kappa shape index (κ1) is 15.8. The van der Waals surface area contributed by atoms with Gasteiger partial charge in [-0.15, -0.1) is 0 Å². The first-order chi connectivity index (χ1) is 12.2. The van der Waals surface area contributed by atoms with Crippen LogP contribution in [0.4, 0.5) is 0 Å². The third-order valence-corrected chi connectivity index (χ3v) is 4.82. The molecule has 1 amide bonds. The molecule has 0 radical (unpaired) electrons. The van der Waals surface area contributed by atoms with E-state index in [2.05, 4.69) is 15.4 Å². The van der Waals surface area contributed by atoms with Crippen molar-refractivity contribution in [3.05, 3.63) is 49.1 Å². The van der Waals surface area contributed by atoms with Crippen LogP contribution in [-0.4, -0.2) is 42.5 Å². The Kier molecular flexibility index (Phi) is 4.23. The van der Waals surface area contributed by atoms with E-state index in [0.717, 1.165) is 24.0 Å². The summed E-state index contributed by atoms with van der Waals surface area (Å²) in [6.07, 6.45) is 6.28. The van der Waals surface area contributed by atoms with Gasteiger partial charge in [0.25, 0.3) is 0 Å². The van der Waals surface area contributed by atoms with Crippen molar-refractivity contribution >= 4 is 16.9 Å². The summed E-state index contributed by atoms with van der Waals surface area (Å²) >= 11 is 0. The highest BCUT2D eigenvalue weighted by atomic mass is 16.3. The number of aromatic nitrogens is 4. The number of fused-ring (bicyclic) bond motifs is 1. The minimum absolute atomic E-state index is 0.105. The van der Waals surface area contributed by atoms with Crippen LogP contribution < -0.4 is 5.32 Å². The number of rotatable bonds is 5. The van der Waals surface area contributed by atoms with Gasteiger partial charge in [0, 0.05) is 18.9 Å². The monoisotopic (exact) mass is 339 g/mol. The maximum Gasteiger partial charge on any atom is 0.240 e. The van der Waals surface area contributed by atoms with Gasteiger partial charge in [0.1, 0.15) is 6.54 Å². The summed E-state index contributed by atoms with van der Waals surface area (Å²) in [5.41, 5.74) is 1.80. The molecule has 0 bridgehead atoms. The highest BCUT2D eigenvalue weighted by Crippen LogP contribution is 2.27. The van der Waals surface area contributed by atoms with E-state index in [0.29, 0.717) is 12.3 Å². The van der Waals surface area contributed by atoms with E-state index in [9.17, 15) is 9.90 Å². The minimum Gasteiger partial charge on any atom is -0.391 e. The van der Waals surface area contributed by atoms with E-state index >= 15 is 0 Å². The SMILES string of the molecule is O=C(Cn1cnc2ccccc21)N[C@@H]1CC(Cn2cccn2)C[C@H]1O. The lowest BCUT2D eigenvalue weighted by Gasteiger charge is -2.16. The molecule has 2 aromatic heterocycles. The molecule has 7 heteroatoms. The maximum absolute atomic E-state index is 12.4. The van der Waals surface area contributed by atoms with Crippen LogP contribution in [-0.2, 0) is 17.9 Å². The normalized spacial score (nSPS) is 23.2. The zero-order chi connectivity index (χ0) is 17.2. The fourth-order valence-corrected chi connectivity index (χ4v) is 3.64. The van der Waals surface area contributed by atoms with E-state index in [1.54, 1.807) is 12.5 Å². The van der Waals surface area contributed by atoms with Crippen LogP contribution in [0.15, 0.2) is 49.1 Å². The van der Waals surface area contributed by atoms with Crippen LogP contribution in [0.1, 0.15) is 12.8 Å². The zero-order valence-electron chi connectivity index (χ0n) is 13.8. The van der Waals surface area contributed by atoms with E-state index in [4.69, 9.17) is 0 Å². The summed E-state index contributed by atoms with van der Waals surface area (Å²) in [6, 6.07) is 9.40. The standard InChI is InChI=1S/C18H21N5O2/c24-17-9-13(10-23-7-3-6-20-23)8-15(17)21-18(25)11-22-12-19-14-4-1-2-5-16(14)22/h1-7,12-13,15,17,24H,8-11H2,(H,21,25)/t13?,15-,17-/m1/s1. The number of para-hydroxylation sites is 2. The molecular weight excluding hydrogens is 318 g/mol. The molecule has 3 aromatic rings. The zero-order valence-corrected chi connectivity index (χ0v) is 13.8. The van der Waals surface area contributed by atoms with Crippen molar-refractivity contribution in [1.29, 1.82) is 0 Å². The van der Waals surface area contributed by atoms with Crippen LogP contribution >= 0.6 is 0 Å². The molecule has 2 heterocycles. The quantitative estimate of drug-likeness (QED) is 0.731. The fourth-order valence-electron chi connectivity index (χ4n) is 3.64. The summed E-state index contributed by atoms with van der Waals surface area (Å²) in [5.74, 6) is 0.209. The number of imidazole rings is 1. The molecule has 1 aromatic carbocycles. The maximum atomic E-state index is 12.4. The highest BCUT2D eigenvalue weighted by molar-refractivity contribution is 5.80. The second-order valence-corrected chi connectivity index (χ2v) is 6.67. The lowest BCUT2D eigenvalue weighted by molar-refractivity contribution is -0.122. The van der Waals surface area contributed by atoms with Crippen LogP contribution in [0.3, 0.4) is 0 Å². The summed E-state index contributed by atoms with van der Waals surface area (Å²) < 4.78 is 3.70. The number of aliphatic hydroxyl groups excluding tert-OH is 1. The number of hydrogen-bond donors (Lipinski definition) is 2. The molecule has 3 atom stereocenters. The van der Waals surface area contributed by atoms with E-state index < -0.39 is 6.10 Å². The third kappa shape index (κ3) is 3.41. The summed E-state index contributed by atoms with van der Waals surface area (Å²) in [6.45, 7) is 0.968. The van der Waals surface area contributed by atoms with Crippen molar-refractivity contribution in [2.24, 2.45) is 5.92 Å². The molecule has 7 nitrogen and oxygen atoms in total. The summed E-state index contributed by atoms with van der Waals surface area (Å²) in [5, 5.41) is 17.5. The average Bonchev–Trinajstić information content (AvgIpc) is 3.31. The van der Waals surface area contributed by atoms with Crippen LogP contribution in [0.25, 0.3) is 11.0 Å². The molecule has 1 aliphatic rings. The highest BCUT2D eigenvalue weighted by Gasteiger charge is 2.34. The van der Waals surface area contributed by atoms with Gasteiger partial charge in [-0.25, -0.2) is 4.98 Å². The van der Waals surface area contributed by atoms with Gasteiger partial charge in [-0.2, -0.15) is 5.10 Å². The lowest BCUT2D eigenvalue weighted by atomic mass is 10.1. The smallest absolute Gasteiger partial charge is 0.240 e. The topological polar surface area (TPSA) is 85.0 Å². The first-order valence-electron chi connectivity index (χ1n) is 8.54. The van der Waals surface area contributed by atoms with E-state index in [-0.39, 0.29) is 18.5 Å². The van der Waals surface area contributed by atoms with Gasteiger partial charge < -0.3 is 15.0 Å². The Morgan fingerprint density at radius 1 is 1.28 bits per heavy atom. The number of benzene rings is 1. The molecule has 1 aliphatic carbocycles. The Labute approximate surface area is 145 Å². The predicted octanol–water partition coefficient (Wildman–Crippen LogP) is 1.19. The molecule has 0 spiro atoms. The number of nitrogens with zero attached hydrogens (tertiary/aromatic N) is 4. The molecular formula is C18H21N5O2. The molecule has 0 saturated heterocycles. The molecule has 2 N–H and O–H groups in total. The van der Waals surface area contributed by atoms with Gasteiger partial charge in [0.15, 0.2) is 0 Å². The minimum atomic E-state index is -0.510. The van der Waals surface area contributed by atoms with E-state index in [1.807, 2.05) is 45.8 Å². The number of nitrogens with one attached hydrogen (secondary N) is 1. The van der Waals surface area contributed by atoms with Gasteiger partial charge >= 0.3 is 0 Å². The van der Waals surface area contributed by atoms with Crippen molar-refractivity contribution in [3.63, 3.8) is 0 Å². The van der Waals surface area contributed by atoms with E-state index in [1.165, 1.54) is 0 Å². The van der Waals surface area contributed by atoms with Crippen LogP contribution in [0.2, 0.25) is 0 Å². The summed E-state index contributed by atoms with van der Waals surface area (Å²) in [7, 11) is 0. The fraction of sp³-hybridized carbons (Fsp3) is 0.389. The predicted molar refractivity (Wildman–Crippen MR) is 92.6 cm³/mol. The van der Waals surface area contributed by atoms with Gasteiger partial charge in [-0.3, -0.25) is 9.48 Å². The third-order valence-electron chi connectivity index (χ3n) is 4.82. The lowest BCUT2D eigenvalue weighted by Crippen LogP contribution is -2.41. The Bertz CT molecular complexity index is 857. The largest absolute Gasteiger partial charge is 0.391 e. The molecule has 25 heavy (non-hydrogen) atoms. The second kappa shape index (κ2) is 6.68. The van der Waals surface area contributed by atoms with Crippen molar-refractivity contribution in [1.82, 2.24) is 24.6 Å². The Balaban J connectivity index is 1.36. The summed E-state index contributed by atoms with van der Waals surface area (Å²) in [4.78, 5) is 16.7.